The lowest BCUT2D eigenvalue weighted by atomic mass is 10.1. The van der Waals surface area contributed by atoms with Gasteiger partial charge in [0.15, 0.2) is 0 Å². The summed E-state index contributed by atoms with van der Waals surface area (Å²) in [7, 11) is 0. The summed E-state index contributed by atoms with van der Waals surface area (Å²) < 4.78 is 7.37. The molecular weight excluding hydrogens is 250 g/mol. The SMILES string of the molecule is CCOc1ccc(-c2nn(CCC(C)C)cc2N)cc1. The summed E-state index contributed by atoms with van der Waals surface area (Å²) in [6.45, 7) is 7.97. The van der Waals surface area contributed by atoms with Crippen LogP contribution in [-0.4, -0.2) is 16.4 Å². The lowest BCUT2D eigenvalue weighted by molar-refractivity contribution is 0.340. The second-order valence-corrected chi connectivity index (χ2v) is 5.34. The summed E-state index contributed by atoms with van der Waals surface area (Å²) in [4.78, 5) is 0. The van der Waals surface area contributed by atoms with E-state index in [4.69, 9.17) is 10.5 Å². The number of hydrogen-bond donors (Lipinski definition) is 1. The largest absolute Gasteiger partial charge is 0.494 e. The van der Waals surface area contributed by atoms with Gasteiger partial charge in [-0.2, -0.15) is 5.10 Å². The van der Waals surface area contributed by atoms with Gasteiger partial charge in [-0.25, -0.2) is 0 Å². The fraction of sp³-hybridized carbons (Fsp3) is 0.438. The van der Waals surface area contributed by atoms with Crippen LogP contribution in [0, 0.1) is 5.92 Å². The molecule has 4 heteroatoms. The number of anilines is 1. The lowest BCUT2D eigenvalue weighted by Gasteiger charge is -2.05. The normalized spacial score (nSPS) is 11.0. The molecule has 0 unspecified atom stereocenters. The highest BCUT2D eigenvalue weighted by molar-refractivity contribution is 5.72. The standard InChI is InChI=1S/C16H23N3O/c1-4-20-14-7-5-13(6-8-14)16-15(17)11-19(18-16)10-9-12(2)3/h5-8,11-12H,4,9-10,17H2,1-3H3. The van der Waals surface area contributed by atoms with E-state index in [9.17, 15) is 0 Å². The predicted octanol–water partition coefficient (Wildman–Crippen LogP) is 3.58. The van der Waals surface area contributed by atoms with Gasteiger partial charge in [0.2, 0.25) is 0 Å². The van der Waals surface area contributed by atoms with Gasteiger partial charge in [-0.1, -0.05) is 13.8 Å². The Morgan fingerprint density at radius 2 is 1.95 bits per heavy atom. The van der Waals surface area contributed by atoms with Crippen molar-refractivity contribution in [1.29, 1.82) is 0 Å². The van der Waals surface area contributed by atoms with Gasteiger partial charge in [0.05, 0.1) is 12.3 Å². The summed E-state index contributed by atoms with van der Waals surface area (Å²) in [5.41, 5.74) is 8.65. The van der Waals surface area contributed by atoms with E-state index in [0.29, 0.717) is 12.5 Å². The van der Waals surface area contributed by atoms with Crippen molar-refractivity contribution in [3.63, 3.8) is 0 Å². The van der Waals surface area contributed by atoms with Crippen LogP contribution in [0.5, 0.6) is 5.75 Å². The molecule has 2 aromatic rings. The van der Waals surface area contributed by atoms with E-state index in [-0.39, 0.29) is 0 Å². The molecule has 1 aromatic heterocycles. The number of nitrogens with two attached hydrogens (primary N) is 1. The molecule has 0 saturated heterocycles. The molecule has 0 bridgehead atoms. The quantitative estimate of drug-likeness (QED) is 0.875. The first-order valence-corrected chi connectivity index (χ1v) is 7.16. The van der Waals surface area contributed by atoms with Crippen LogP contribution >= 0.6 is 0 Å². The maximum atomic E-state index is 6.06. The summed E-state index contributed by atoms with van der Waals surface area (Å²) in [5.74, 6) is 1.53. The molecule has 0 aliphatic heterocycles. The summed E-state index contributed by atoms with van der Waals surface area (Å²) >= 11 is 0. The highest BCUT2D eigenvalue weighted by Crippen LogP contribution is 2.26. The van der Waals surface area contributed by atoms with Crippen LogP contribution in [0.2, 0.25) is 0 Å². The van der Waals surface area contributed by atoms with E-state index in [0.717, 1.165) is 35.7 Å². The maximum absolute atomic E-state index is 6.06. The molecule has 108 valence electrons. The second kappa shape index (κ2) is 6.46. The highest BCUT2D eigenvalue weighted by Gasteiger charge is 2.09. The first kappa shape index (κ1) is 14.4. The molecule has 0 aliphatic rings. The van der Waals surface area contributed by atoms with Crippen molar-refractivity contribution in [2.24, 2.45) is 5.92 Å². The summed E-state index contributed by atoms with van der Waals surface area (Å²) in [6.07, 6.45) is 3.01. The zero-order valence-corrected chi connectivity index (χ0v) is 12.5. The number of ether oxygens (including phenoxy) is 1. The van der Waals surface area contributed by atoms with E-state index in [1.165, 1.54) is 0 Å². The van der Waals surface area contributed by atoms with Gasteiger partial charge in [-0.05, 0) is 43.5 Å². The molecule has 0 aliphatic carbocycles. The molecule has 2 N–H and O–H groups in total. The summed E-state index contributed by atoms with van der Waals surface area (Å²) in [5, 5.41) is 4.58. The van der Waals surface area contributed by atoms with Crippen molar-refractivity contribution >= 4 is 5.69 Å². The zero-order chi connectivity index (χ0) is 14.5. The summed E-state index contributed by atoms with van der Waals surface area (Å²) in [6, 6.07) is 7.89. The van der Waals surface area contributed by atoms with E-state index < -0.39 is 0 Å². The third kappa shape index (κ3) is 3.53. The molecule has 0 saturated carbocycles. The zero-order valence-electron chi connectivity index (χ0n) is 12.5. The van der Waals surface area contributed by atoms with Crippen LogP contribution < -0.4 is 10.5 Å². The topological polar surface area (TPSA) is 53.1 Å². The highest BCUT2D eigenvalue weighted by atomic mass is 16.5. The minimum atomic E-state index is 0.661. The van der Waals surface area contributed by atoms with Gasteiger partial charge in [0, 0.05) is 18.3 Å². The van der Waals surface area contributed by atoms with E-state index in [1.807, 2.05) is 42.1 Å². The van der Waals surface area contributed by atoms with Gasteiger partial charge in [-0.3, -0.25) is 4.68 Å². The number of benzene rings is 1. The average Bonchev–Trinajstić information content (AvgIpc) is 2.79. The Kier molecular flexibility index (Phi) is 4.66. The van der Waals surface area contributed by atoms with Crippen LogP contribution in [0.3, 0.4) is 0 Å². The fourth-order valence-corrected chi connectivity index (χ4v) is 2.04. The van der Waals surface area contributed by atoms with E-state index in [2.05, 4.69) is 18.9 Å². The van der Waals surface area contributed by atoms with Crippen molar-refractivity contribution in [2.45, 2.75) is 33.7 Å². The predicted molar refractivity (Wildman–Crippen MR) is 82.7 cm³/mol. The van der Waals surface area contributed by atoms with E-state index in [1.54, 1.807) is 0 Å². The molecular formula is C16H23N3O. The molecule has 2 rings (SSSR count). The molecule has 4 nitrogen and oxygen atoms in total. The van der Waals surface area contributed by atoms with Crippen LogP contribution in [0.4, 0.5) is 5.69 Å². The van der Waals surface area contributed by atoms with Gasteiger partial charge >= 0.3 is 0 Å². The number of aromatic nitrogens is 2. The monoisotopic (exact) mass is 273 g/mol. The van der Waals surface area contributed by atoms with Gasteiger partial charge in [0.25, 0.3) is 0 Å². The molecule has 0 spiro atoms. The van der Waals surface area contributed by atoms with Crippen LogP contribution in [0.15, 0.2) is 30.5 Å². The van der Waals surface area contributed by atoms with Gasteiger partial charge in [0.1, 0.15) is 11.4 Å². The van der Waals surface area contributed by atoms with Crippen molar-refractivity contribution in [1.82, 2.24) is 9.78 Å². The fourth-order valence-electron chi connectivity index (χ4n) is 2.04. The van der Waals surface area contributed by atoms with E-state index >= 15 is 0 Å². The first-order valence-electron chi connectivity index (χ1n) is 7.16. The molecule has 0 atom stereocenters. The maximum Gasteiger partial charge on any atom is 0.119 e. The number of rotatable bonds is 6. The number of aryl methyl sites for hydroxylation is 1. The van der Waals surface area contributed by atoms with Crippen molar-refractivity contribution < 1.29 is 4.74 Å². The third-order valence-electron chi connectivity index (χ3n) is 3.16. The molecule has 1 heterocycles. The van der Waals surface area contributed by atoms with Gasteiger partial charge in [-0.15, -0.1) is 0 Å². The van der Waals surface area contributed by atoms with Crippen LogP contribution in [0.1, 0.15) is 27.2 Å². The number of nitrogen functional groups attached to an aromatic ring is 1. The first-order chi connectivity index (χ1) is 9.60. The Hall–Kier alpha value is -1.97. The smallest absolute Gasteiger partial charge is 0.119 e. The minimum absolute atomic E-state index is 0.661. The number of hydrogen-bond acceptors (Lipinski definition) is 3. The molecule has 0 fully saturated rings. The lowest BCUT2D eigenvalue weighted by Crippen LogP contribution is -2.02. The Morgan fingerprint density at radius 1 is 1.25 bits per heavy atom. The average molecular weight is 273 g/mol. The minimum Gasteiger partial charge on any atom is -0.494 e. The van der Waals surface area contributed by atoms with Gasteiger partial charge < -0.3 is 10.5 Å². The van der Waals surface area contributed by atoms with Crippen molar-refractivity contribution in [2.75, 3.05) is 12.3 Å². The van der Waals surface area contributed by atoms with Crippen LogP contribution in [0.25, 0.3) is 11.3 Å². The molecule has 1 aromatic carbocycles. The van der Waals surface area contributed by atoms with Crippen molar-refractivity contribution in [3.05, 3.63) is 30.5 Å². The molecule has 0 radical (unpaired) electrons. The Morgan fingerprint density at radius 3 is 2.55 bits per heavy atom. The Balaban J connectivity index is 2.15. The van der Waals surface area contributed by atoms with Crippen LogP contribution in [-0.2, 0) is 6.54 Å². The number of nitrogens with zero attached hydrogens (tertiary/aromatic N) is 2. The third-order valence-corrected chi connectivity index (χ3v) is 3.16. The molecule has 0 amide bonds. The Labute approximate surface area is 120 Å². The second-order valence-electron chi connectivity index (χ2n) is 5.34. The Bertz CT molecular complexity index is 543. The van der Waals surface area contributed by atoms with Crippen molar-refractivity contribution in [3.8, 4) is 17.0 Å². The molecule has 20 heavy (non-hydrogen) atoms.